The van der Waals surface area contributed by atoms with Gasteiger partial charge < -0.3 is 34.0 Å². The average Bonchev–Trinajstić information content (AvgIpc) is 2.90. The molecule has 3 N–H and O–H groups in total. The molecule has 0 radical (unpaired) electrons. The largest absolute Gasteiger partial charge is 0.542 e. The first-order valence-electron chi connectivity index (χ1n) is 15.0. The highest BCUT2D eigenvalue weighted by Crippen LogP contribution is 2.64. The predicted molar refractivity (Wildman–Crippen MR) is 157 cm³/mol. The number of carbonyl (C=O) groups excluding carboxylic acids is 3. The second-order valence-electron chi connectivity index (χ2n) is 14.4. The summed E-state index contributed by atoms with van der Waals surface area (Å²) in [6.45, 7) is 13.7. The van der Waals surface area contributed by atoms with Crippen molar-refractivity contribution in [3.8, 4) is 0 Å². The third-order valence-corrected chi connectivity index (χ3v) is 11.2. The van der Waals surface area contributed by atoms with E-state index in [-0.39, 0.29) is 30.8 Å². The van der Waals surface area contributed by atoms with Crippen LogP contribution in [-0.4, -0.2) is 83.6 Å². The number of hydrogen-bond acceptors (Lipinski definition) is 10. The summed E-state index contributed by atoms with van der Waals surface area (Å²) in [5, 5.41) is 36.3. The monoisotopic (exact) mass is 616 g/mol. The SMILES string of the molecule is CC(=O)O[C@@]12CO[C@@H]1C[C@H](O)[C@@]1(C)C(=O)C(O[Si](C)(C)C)=C3C(C)[C@@H](O)C[C@@](O)([C@@H](OC(=O)c4ccccc4)C12)C3(C)C. The maximum absolute atomic E-state index is 15.1. The first-order valence-corrected chi connectivity index (χ1v) is 18.4. The van der Waals surface area contributed by atoms with Gasteiger partial charge in [-0.15, -0.1) is 0 Å². The fraction of sp³-hybridized carbons (Fsp3) is 0.656. The lowest BCUT2D eigenvalue weighted by molar-refractivity contribution is -0.345. The molecular formula is C32H44O10Si. The van der Waals surface area contributed by atoms with E-state index in [1.165, 1.54) is 6.92 Å². The predicted octanol–water partition coefficient (Wildman–Crippen LogP) is 3.15. The molecule has 3 aliphatic carbocycles. The standard InChI is InChI=1S/C32H44O10Si/c1-17-20(34)15-32(38)27(40-28(37)19-12-10-9-11-13-19)25-30(5,21(35)14-22-31(25,16-39-22)41-18(2)33)26(36)24(42-43(6,7)8)23(17)29(32,3)4/h9-13,17,20-22,25,27,34-35,38H,14-16H2,1-8H3/t17?,20-,21-,22+,25?,27-,30+,31-,32+/m0/s1. The van der Waals surface area contributed by atoms with Crippen LogP contribution in [0.5, 0.6) is 0 Å². The molecule has 1 heterocycles. The Morgan fingerprint density at radius 3 is 2.23 bits per heavy atom. The number of hydrogen-bond donors (Lipinski definition) is 3. The second-order valence-corrected chi connectivity index (χ2v) is 18.9. The molecule has 236 valence electrons. The molecule has 0 spiro atoms. The molecule has 2 bridgehead atoms. The molecule has 2 unspecified atom stereocenters. The Labute approximate surface area is 253 Å². The van der Waals surface area contributed by atoms with Crippen LogP contribution in [0.15, 0.2) is 41.7 Å². The Kier molecular flexibility index (Phi) is 7.58. The van der Waals surface area contributed by atoms with Crippen molar-refractivity contribution in [1.82, 2.24) is 0 Å². The van der Waals surface area contributed by atoms with Gasteiger partial charge in [-0.1, -0.05) is 39.0 Å². The summed E-state index contributed by atoms with van der Waals surface area (Å²) in [5.41, 5.74) is -5.92. The van der Waals surface area contributed by atoms with Crippen LogP contribution >= 0.6 is 0 Å². The van der Waals surface area contributed by atoms with Crippen molar-refractivity contribution in [3.63, 3.8) is 0 Å². The van der Waals surface area contributed by atoms with Gasteiger partial charge in [0.2, 0.25) is 14.1 Å². The minimum Gasteiger partial charge on any atom is -0.542 e. The van der Waals surface area contributed by atoms with Gasteiger partial charge in [0, 0.05) is 31.1 Å². The molecule has 1 aromatic carbocycles. The Morgan fingerprint density at radius 1 is 1.07 bits per heavy atom. The van der Waals surface area contributed by atoms with Crippen LogP contribution in [0.2, 0.25) is 19.6 Å². The zero-order valence-electron chi connectivity index (χ0n) is 26.2. The summed E-state index contributed by atoms with van der Waals surface area (Å²) in [5.74, 6) is -3.82. The van der Waals surface area contributed by atoms with Crippen LogP contribution in [0.4, 0.5) is 0 Å². The number of ether oxygens (including phenoxy) is 3. The highest BCUT2D eigenvalue weighted by Gasteiger charge is 2.77. The third-order valence-electron chi connectivity index (χ3n) is 10.4. The van der Waals surface area contributed by atoms with Gasteiger partial charge in [-0.2, -0.15) is 0 Å². The van der Waals surface area contributed by atoms with Crippen molar-refractivity contribution in [2.24, 2.45) is 22.7 Å². The van der Waals surface area contributed by atoms with Gasteiger partial charge in [-0.3, -0.25) is 9.59 Å². The van der Waals surface area contributed by atoms with Crippen LogP contribution in [0.1, 0.15) is 57.8 Å². The maximum atomic E-state index is 15.1. The van der Waals surface area contributed by atoms with Crippen molar-refractivity contribution >= 4 is 26.0 Å². The smallest absolute Gasteiger partial charge is 0.338 e. The van der Waals surface area contributed by atoms with Crippen LogP contribution < -0.4 is 0 Å². The van der Waals surface area contributed by atoms with Gasteiger partial charge in [-0.25, -0.2) is 4.79 Å². The zero-order valence-corrected chi connectivity index (χ0v) is 27.2. The Bertz CT molecular complexity index is 1350. The first-order chi connectivity index (χ1) is 19.8. The van der Waals surface area contributed by atoms with Gasteiger partial charge in [0.25, 0.3) is 0 Å². The molecule has 3 fully saturated rings. The van der Waals surface area contributed by atoms with Gasteiger partial charge >= 0.3 is 11.9 Å². The second kappa shape index (κ2) is 10.2. The first kappa shape index (κ1) is 31.8. The van der Waals surface area contributed by atoms with Gasteiger partial charge in [0.05, 0.1) is 35.7 Å². The van der Waals surface area contributed by atoms with Gasteiger partial charge in [-0.05, 0) is 44.3 Å². The van der Waals surface area contributed by atoms with E-state index >= 15 is 4.79 Å². The summed E-state index contributed by atoms with van der Waals surface area (Å²) in [4.78, 5) is 41.5. The molecule has 0 aromatic heterocycles. The highest BCUT2D eigenvalue weighted by molar-refractivity contribution is 6.70. The number of carbonyl (C=O) groups is 3. The topological polar surface area (TPSA) is 149 Å². The maximum Gasteiger partial charge on any atom is 0.338 e. The lowest BCUT2D eigenvalue weighted by Crippen LogP contribution is -2.81. The van der Waals surface area contributed by atoms with E-state index in [0.29, 0.717) is 5.57 Å². The van der Waals surface area contributed by atoms with Crippen molar-refractivity contribution < 1.29 is 48.3 Å². The van der Waals surface area contributed by atoms with E-state index in [0.717, 1.165) is 0 Å². The molecule has 0 amide bonds. The van der Waals surface area contributed by atoms with Crippen molar-refractivity contribution in [1.29, 1.82) is 0 Å². The molecule has 1 aliphatic heterocycles. The van der Waals surface area contributed by atoms with E-state index in [2.05, 4.69) is 0 Å². The molecule has 5 rings (SSSR count). The molecule has 10 nitrogen and oxygen atoms in total. The Morgan fingerprint density at radius 2 is 1.70 bits per heavy atom. The quantitative estimate of drug-likeness (QED) is 0.333. The molecule has 9 atom stereocenters. The van der Waals surface area contributed by atoms with Crippen molar-refractivity contribution in [3.05, 3.63) is 47.2 Å². The van der Waals surface area contributed by atoms with E-state index in [1.54, 1.807) is 58.0 Å². The normalized spacial score (nSPS) is 40.2. The Balaban J connectivity index is 1.86. The van der Waals surface area contributed by atoms with Gasteiger partial charge in [0.1, 0.15) is 23.6 Å². The lowest BCUT2D eigenvalue weighted by atomic mass is 9.45. The average molecular weight is 617 g/mol. The number of aliphatic hydroxyl groups excluding tert-OH is 2. The fourth-order valence-corrected chi connectivity index (χ4v) is 8.87. The van der Waals surface area contributed by atoms with E-state index in [4.69, 9.17) is 18.6 Å². The molecular weight excluding hydrogens is 572 g/mol. The van der Waals surface area contributed by atoms with Crippen LogP contribution in [0, 0.1) is 22.7 Å². The Hall–Kier alpha value is -2.57. The van der Waals surface area contributed by atoms with E-state index in [1.807, 2.05) is 19.6 Å². The summed E-state index contributed by atoms with van der Waals surface area (Å²) < 4.78 is 24.7. The third kappa shape index (κ3) is 4.61. The molecule has 11 heteroatoms. The van der Waals surface area contributed by atoms with Crippen LogP contribution in [-0.2, 0) is 28.2 Å². The molecule has 1 aromatic rings. The van der Waals surface area contributed by atoms with Crippen molar-refractivity contribution in [2.75, 3.05) is 6.61 Å². The molecule has 43 heavy (non-hydrogen) atoms. The molecule has 4 aliphatic rings. The van der Waals surface area contributed by atoms with Crippen LogP contribution in [0.3, 0.4) is 0 Å². The van der Waals surface area contributed by atoms with E-state index in [9.17, 15) is 24.9 Å². The zero-order chi connectivity index (χ0) is 31.9. The number of benzene rings is 1. The minimum atomic E-state index is -2.50. The number of allylic oxidation sites excluding steroid dienone is 1. The summed E-state index contributed by atoms with van der Waals surface area (Å²) in [7, 11) is -2.50. The number of aliphatic hydroxyl groups is 3. The summed E-state index contributed by atoms with van der Waals surface area (Å²) in [6, 6.07) is 8.24. The summed E-state index contributed by atoms with van der Waals surface area (Å²) in [6.07, 6.45) is -5.04. The lowest BCUT2D eigenvalue weighted by Gasteiger charge is -2.67. The van der Waals surface area contributed by atoms with Crippen molar-refractivity contribution in [2.45, 2.75) is 103 Å². The van der Waals surface area contributed by atoms with Gasteiger partial charge in [0.15, 0.2) is 5.60 Å². The van der Waals surface area contributed by atoms with Crippen LogP contribution in [0.25, 0.3) is 0 Å². The number of rotatable bonds is 5. The highest BCUT2D eigenvalue weighted by atomic mass is 28.4. The number of esters is 2. The minimum absolute atomic E-state index is 0.00453. The number of ketones is 1. The van der Waals surface area contributed by atoms with E-state index < -0.39 is 84.3 Å². The number of fused-ring (bicyclic) bond motifs is 5. The molecule has 1 saturated heterocycles. The fourth-order valence-electron chi connectivity index (χ4n) is 8.06. The summed E-state index contributed by atoms with van der Waals surface area (Å²) >= 11 is 0. The number of Topliss-reactive ketones (excluding diaryl/α,β-unsaturated/α-hetero) is 1. The molecule has 2 saturated carbocycles.